The van der Waals surface area contributed by atoms with Gasteiger partial charge in [0.25, 0.3) is 0 Å². The largest absolute Gasteiger partial charge is 0.399 e. The Balaban J connectivity index is 0.00000110. The van der Waals surface area contributed by atoms with E-state index in [1.165, 1.54) is 28.2 Å². The summed E-state index contributed by atoms with van der Waals surface area (Å²) in [6.45, 7) is 3.21. The predicted molar refractivity (Wildman–Crippen MR) is 97.7 cm³/mol. The summed E-state index contributed by atoms with van der Waals surface area (Å²) in [4.78, 5) is 0. The van der Waals surface area contributed by atoms with E-state index in [1.807, 2.05) is 12.1 Å². The van der Waals surface area contributed by atoms with Crippen LogP contribution in [-0.4, -0.2) is 4.57 Å². The topological polar surface area (TPSA) is 57.0 Å². The van der Waals surface area contributed by atoms with Crippen LogP contribution in [0.2, 0.25) is 0 Å². The van der Waals surface area contributed by atoms with Crippen LogP contribution in [0.25, 0.3) is 21.8 Å². The third kappa shape index (κ3) is 3.04. The molecule has 0 saturated carbocycles. The Bertz CT molecular complexity index is 691. The Hall–Kier alpha value is -1.58. The van der Waals surface area contributed by atoms with E-state index in [4.69, 9.17) is 11.5 Å². The Kier molecular flexibility index (Phi) is 5.76. The van der Waals surface area contributed by atoms with E-state index in [2.05, 4.69) is 35.8 Å². The van der Waals surface area contributed by atoms with E-state index in [9.17, 15) is 0 Å². The number of hydrogen-bond acceptors (Lipinski definition) is 2. The molecule has 1 aromatic heterocycles. The quantitative estimate of drug-likeness (QED) is 0.691. The molecule has 0 aliphatic rings. The lowest BCUT2D eigenvalue weighted by atomic mass is 10.1. The summed E-state index contributed by atoms with van der Waals surface area (Å²) in [6, 6.07) is 12.2. The average molecular weight is 326 g/mol. The van der Waals surface area contributed by atoms with E-state index in [1.54, 1.807) is 0 Å². The predicted octanol–water partition coefficient (Wildman–Crippen LogP) is 4.60. The van der Waals surface area contributed by atoms with E-state index in [0.717, 1.165) is 24.3 Å². The summed E-state index contributed by atoms with van der Waals surface area (Å²) in [5.41, 5.74) is 15.9. The van der Waals surface area contributed by atoms with Crippen LogP contribution in [0.3, 0.4) is 0 Å². The van der Waals surface area contributed by atoms with Gasteiger partial charge in [0.1, 0.15) is 0 Å². The van der Waals surface area contributed by atoms with Crippen molar-refractivity contribution >= 4 is 58.0 Å². The van der Waals surface area contributed by atoms with Crippen molar-refractivity contribution in [2.75, 3.05) is 11.5 Å². The van der Waals surface area contributed by atoms with Crippen molar-refractivity contribution in [2.45, 2.75) is 26.3 Å². The van der Waals surface area contributed by atoms with Crippen LogP contribution in [0, 0.1) is 0 Å². The third-order valence-corrected chi connectivity index (χ3v) is 3.65. The van der Waals surface area contributed by atoms with Crippen LogP contribution in [0.15, 0.2) is 36.4 Å². The number of benzene rings is 2. The van der Waals surface area contributed by atoms with Gasteiger partial charge in [-0.2, -0.15) is 0 Å². The van der Waals surface area contributed by atoms with Crippen LogP contribution >= 0.6 is 24.8 Å². The molecule has 3 nitrogen and oxygen atoms in total. The average Bonchev–Trinajstić information content (AvgIpc) is 2.68. The number of halogens is 2. The maximum absolute atomic E-state index is 5.94. The third-order valence-electron chi connectivity index (χ3n) is 3.65. The SMILES string of the molecule is CCCCn1c2cc(N)ccc2c2ccc(N)cc21.Cl.Cl. The molecule has 0 amide bonds. The lowest BCUT2D eigenvalue weighted by molar-refractivity contribution is 0.665. The van der Waals surface area contributed by atoms with Crippen molar-refractivity contribution in [3.8, 4) is 0 Å². The van der Waals surface area contributed by atoms with Crippen LogP contribution in [0.4, 0.5) is 11.4 Å². The standard InChI is InChI=1S/C16H19N3.2ClH/c1-2-3-8-19-15-9-11(17)4-6-13(15)14-7-5-12(18)10-16(14)19;;/h4-7,9-10H,2-3,8,17-18H2,1H3;2*1H. The summed E-state index contributed by atoms with van der Waals surface area (Å²) in [6.07, 6.45) is 2.33. The van der Waals surface area contributed by atoms with Crippen LogP contribution in [0.1, 0.15) is 19.8 Å². The van der Waals surface area contributed by atoms with Gasteiger partial charge < -0.3 is 16.0 Å². The van der Waals surface area contributed by atoms with Gasteiger partial charge in [0.2, 0.25) is 0 Å². The molecule has 0 aliphatic heterocycles. The summed E-state index contributed by atoms with van der Waals surface area (Å²) in [5.74, 6) is 0. The zero-order valence-electron chi connectivity index (χ0n) is 12.0. The monoisotopic (exact) mass is 325 g/mol. The lowest BCUT2D eigenvalue weighted by Crippen LogP contribution is -1.98. The number of rotatable bonds is 3. The number of fused-ring (bicyclic) bond motifs is 3. The molecule has 0 spiro atoms. The minimum absolute atomic E-state index is 0. The summed E-state index contributed by atoms with van der Waals surface area (Å²) in [7, 11) is 0. The van der Waals surface area contributed by atoms with Crippen molar-refractivity contribution < 1.29 is 0 Å². The molecule has 4 N–H and O–H groups in total. The second kappa shape index (κ2) is 6.92. The molecule has 1 heterocycles. The molecule has 0 aliphatic carbocycles. The highest BCUT2D eigenvalue weighted by atomic mass is 35.5. The maximum atomic E-state index is 5.94. The normalized spacial score (nSPS) is 10.3. The molecule has 0 saturated heterocycles. The smallest absolute Gasteiger partial charge is 0.0512 e. The first-order valence-electron chi connectivity index (χ1n) is 6.77. The van der Waals surface area contributed by atoms with Gasteiger partial charge in [-0.1, -0.05) is 25.5 Å². The van der Waals surface area contributed by atoms with Crippen molar-refractivity contribution in [3.05, 3.63) is 36.4 Å². The zero-order chi connectivity index (χ0) is 13.4. The second-order valence-electron chi connectivity index (χ2n) is 5.06. The zero-order valence-corrected chi connectivity index (χ0v) is 13.6. The summed E-state index contributed by atoms with van der Waals surface area (Å²) < 4.78 is 2.33. The van der Waals surface area contributed by atoms with Gasteiger partial charge in [0, 0.05) is 28.7 Å². The molecule has 0 bridgehead atoms. The van der Waals surface area contributed by atoms with Gasteiger partial charge in [-0.3, -0.25) is 0 Å². The Labute approximate surface area is 137 Å². The highest BCUT2D eigenvalue weighted by Gasteiger charge is 2.10. The molecule has 3 aromatic rings. The molecule has 0 unspecified atom stereocenters. The number of nitrogen functional groups attached to an aromatic ring is 2. The Morgan fingerprint density at radius 3 is 1.76 bits per heavy atom. The van der Waals surface area contributed by atoms with E-state index in [0.29, 0.717) is 0 Å². The fourth-order valence-corrected chi connectivity index (χ4v) is 2.69. The van der Waals surface area contributed by atoms with Crippen molar-refractivity contribution in [1.82, 2.24) is 4.57 Å². The summed E-state index contributed by atoms with van der Waals surface area (Å²) >= 11 is 0. The first-order chi connectivity index (χ1) is 9.20. The number of aromatic nitrogens is 1. The van der Waals surface area contributed by atoms with Crippen LogP contribution in [0.5, 0.6) is 0 Å². The van der Waals surface area contributed by atoms with Crippen molar-refractivity contribution in [2.24, 2.45) is 0 Å². The molecule has 3 rings (SSSR count). The molecule has 0 fully saturated rings. The van der Waals surface area contributed by atoms with E-state index < -0.39 is 0 Å². The number of nitrogens with zero attached hydrogens (tertiary/aromatic N) is 1. The minimum atomic E-state index is 0. The van der Waals surface area contributed by atoms with Gasteiger partial charge in [0.05, 0.1) is 11.0 Å². The summed E-state index contributed by atoms with van der Waals surface area (Å²) in [5, 5.41) is 2.50. The fraction of sp³-hybridized carbons (Fsp3) is 0.250. The minimum Gasteiger partial charge on any atom is -0.399 e. The van der Waals surface area contributed by atoms with Crippen LogP contribution in [-0.2, 0) is 6.54 Å². The molecule has 21 heavy (non-hydrogen) atoms. The van der Waals surface area contributed by atoms with Gasteiger partial charge in [-0.25, -0.2) is 0 Å². The Morgan fingerprint density at radius 2 is 1.33 bits per heavy atom. The first kappa shape index (κ1) is 17.5. The number of nitrogens with two attached hydrogens (primary N) is 2. The van der Waals surface area contributed by atoms with Gasteiger partial charge in [-0.05, 0) is 30.7 Å². The van der Waals surface area contributed by atoms with Gasteiger partial charge >= 0.3 is 0 Å². The van der Waals surface area contributed by atoms with Gasteiger partial charge in [0.15, 0.2) is 0 Å². The number of aryl methyl sites for hydroxylation is 1. The first-order valence-corrected chi connectivity index (χ1v) is 6.77. The molecule has 0 atom stereocenters. The maximum Gasteiger partial charge on any atom is 0.0512 e. The number of hydrogen-bond donors (Lipinski definition) is 2. The van der Waals surface area contributed by atoms with Crippen molar-refractivity contribution in [3.63, 3.8) is 0 Å². The molecule has 2 aromatic carbocycles. The van der Waals surface area contributed by atoms with Gasteiger partial charge in [-0.15, -0.1) is 24.8 Å². The van der Waals surface area contributed by atoms with Crippen LogP contribution < -0.4 is 11.5 Å². The second-order valence-corrected chi connectivity index (χ2v) is 5.06. The highest BCUT2D eigenvalue weighted by Crippen LogP contribution is 2.31. The molecule has 114 valence electrons. The molecule has 0 radical (unpaired) electrons. The molecular formula is C16H21Cl2N3. The molecular weight excluding hydrogens is 305 g/mol. The highest BCUT2D eigenvalue weighted by molar-refractivity contribution is 6.09. The Morgan fingerprint density at radius 1 is 0.857 bits per heavy atom. The van der Waals surface area contributed by atoms with E-state index in [-0.39, 0.29) is 24.8 Å². The number of anilines is 2. The van der Waals surface area contributed by atoms with Crippen molar-refractivity contribution in [1.29, 1.82) is 0 Å². The fourth-order valence-electron chi connectivity index (χ4n) is 2.69. The number of unbranched alkanes of at least 4 members (excludes halogenated alkanes) is 1. The molecule has 5 heteroatoms. The lowest BCUT2D eigenvalue weighted by Gasteiger charge is -2.07. The van der Waals surface area contributed by atoms with E-state index >= 15 is 0 Å².